The maximum Gasteiger partial charge on any atom is 0.243 e. The number of anilines is 2. The van der Waals surface area contributed by atoms with E-state index in [2.05, 4.69) is 46.6 Å². The third-order valence-electron chi connectivity index (χ3n) is 8.24. The van der Waals surface area contributed by atoms with Crippen molar-refractivity contribution in [1.29, 1.82) is 0 Å². The van der Waals surface area contributed by atoms with E-state index in [-0.39, 0.29) is 35.4 Å². The van der Waals surface area contributed by atoms with Gasteiger partial charge in [0, 0.05) is 31.1 Å². The Balaban J connectivity index is 1.44. The van der Waals surface area contributed by atoms with E-state index in [0.717, 1.165) is 32.2 Å². The number of likely N-dealkylation sites (tertiary alicyclic amines) is 1. The first kappa shape index (κ1) is 25.8. The monoisotopic (exact) mass is 511 g/mol. The quantitative estimate of drug-likeness (QED) is 0.200. The Morgan fingerprint density at radius 3 is 2.69 bits per heavy atom. The molecule has 2 saturated heterocycles. The minimum absolute atomic E-state index is 0.00178. The van der Waals surface area contributed by atoms with Gasteiger partial charge in [-0.25, -0.2) is 5.06 Å². The second-order valence-electron chi connectivity index (χ2n) is 10.7. The van der Waals surface area contributed by atoms with Crippen LogP contribution in [0.4, 0.5) is 16.0 Å². The van der Waals surface area contributed by atoms with E-state index in [4.69, 9.17) is 11.6 Å². The molecule has 0 bridgehead atoms. The molecular formula is C23H35ClFN7O3. The largest absolute Gasteiger partial charge is 0.353 e. The zero-order valence-electron chi connectivity index (χ0n) is 20.5. The van der Waals surface area contributed by atoms with Crippen LogP contribution in [-0.4, -0.2) is 76.2 Å². The summed E-state index contributed by atoms with van der Waals surface area (Å²) in [6, 6.07) is 0. The molecule has 12 heteroatoms. The first-order valence-electron chi connectivity index (χ1n) is 12.3. The van der Waals surface area contributed by atoms with Gasteiger partial charge in [0.05, 0.1) is 12.5 Å². The molecule has 35 heavy (non-hydrogen) atoms. The van der Waals surface area contributed by atoms with Gasteiger partial charge in [-0.1, -0.05) is 25.7 Å². The predicted octanol–water partition coefficient (Wildman–Crippen LogP) is 2.53. The number of nitrogens with one attached hydrogen (secondary N) is 2. The number of amides is 2. The van der Waals surface area contributed by atoms with Gasteiger partial charge in [0.25, 0.3) is 0 Å². The summed E-state index contributed by atoms with van der Waals surface area (Å²) in [6.45, 7) is 6.50. The van der Waals surface area contributed by atoms with Gasteiger partial charge in [0.15, 0.2) is 11.6 Å². The molecule has 1 aromatic heterocycles. The number of carbonyl (C=O) groups excluding carboxylic acids is 2. The van der Waals surface area contributed by atoms with Crippen molar-refractivity contribution in [2.75, 3.05) is 43.6 Å². The van der Waals surface area contributed by atoms with Crippen LogP contribution in [0.5, 0.6) is 0 Å². The highest BCUT2D eigenvalue weighted by atomic mass is 35.5. The van der Waals surface area contributed by atoms with Crippen LogP contribution in [0.3, 0.4) is 0 Å². The molecule has 3 fully saturated rings. The fraction of sp³-hybridized carbons (Fsp3) is 0.739. The van der Waals surface area contributed by atoms with Crippen LogP contribution in [0.25, 0.3) is 0 Å². The van der Waals surface area contributed by atoms with Crippen LogP contribution in [-0.2, 0) is 9.59 Å². The number of nitrogens with zero attached hydrogens (tertiary/aromatic N) is 5. The molecule has 194 valence electrons. The lowest BCUT2D eigenvalue weighted by Gasteiger charge is -2.34. The molecule has 1 saturated carbocycles. The second-order valence-corrected chi connectivity index (χ2v) is 11.0. The average Bonchev–Trinajstić information content (AvgIpc) is 3.52. The highest BCUT2D eigenvalue weighted by molar-refractivity contribution is 6.28. The van der Waals surface area contributed by atoms with Crippen molar-refractivity contribution in [2.24, 2.45) is 23.7 Å². The van der Waals surface area contributed by atoms with Crippen LogP contribution in [0.2, 0.25) is 5.28 Å². The molecule has 2 aliphatic heterocycles. The van der Waals surface area contributed by atoms with Crippen molar-refractivity contribution in [3.63, 3.8) is 0 Å². The summed E-state index contributed by atoms with van der Waals surface area (Å²) in [4.78, 5) is 36.1. The van der Waals surface area contributed by atoms with Crippen LogP contribution < -0.4 is 15.8 Å². The second kappa shape index (κ2) is 10.4. The van der Waals surface area contributed by atoms with Crippen LogP contribution in [0, 0.1) is 29.5 Å². The molecule has 10 nitrogen and oxygen atoms in total. The van der Waals surface area contributed by atoms with Crippen LogP contribution >= 0.6 is 11.6 Å². The summed E-state index contributed by atoms with van der Waals surface area (Å²) in [5.74, 6) is -0.809. The topological polar surface area (TPSA) is 114 Å². The first-order chi connectivity index (χ1) is 16.6. The number of hydrogen-bond donors (Lipinski definition) is 3. The maximum absolute atomic E-state index is 15.4. The van der Waals surface area contributed by atoms with Crippen LogP contribution in [0.1, 0.15) is 46.0 Å². The van der Waals surface area contributed by atoms with E-state index in [1.54, 1.807) is 0 Å². The maximum atomic E-state index is 15.4. The van der Waals surface area contributed by atoms with E-state index < -0.39 is 17.6 Å². The average molecular weight is 512 g/mol. The van der Waals surface area contributed by atoms with Gasteiger partial charge >= 0.3 is 0 Å². The van der Waals surface area contributed by atoms with Crippen molar-refractivity contribution in [3.05, 3.63) is 11.1 Å². The van der Waals surface area contributed by atoms with E-state index >= 15 is 4.39 Å². The van der Waals surface area contributed by atoms with Crippen molar-refractivity contribution >= 4 is 35.6 Å². The van der Waals surface area contributed by atoms with E-state index in [1.165, 1.54) is 0 Å². The Morgan fingerprint density at radius 1 is 1.31 bits per heavy atom. The van der Waals surface area contributed by atoms with Gasteiger partial charge in [0.1, 0.15) is 0 Å². The normalized spacial score (nSPS) is 24.9. The van der Waals surface area contributed by atoms with Gasteiger partial charge in [-0.15, -0.1) is 0 Å². The molecule has 1 aromatic rings. The summed E-state index contributed by atoms with van der Waals surface area (Å²) < 4.78 is 15.4. The predicted molar refractivity (Wildman–Crippen MR) is 129 cm³/mol. The molecule has 4 rings (SSSR count). The molecule has 0 spiro atoms. The number of rotatable bonds is 9. The van der Waals surface area contributed by atoms with E-state index in [9.17, 15) is 14.8 Å². The van der Waals surface area contributed by atoms with Gasteiger partial charge < -0.3 is 9.80 Å². The molecule has 3 N–H and O–H groups in total. The molecule has 2 unspecified atom stereocenters. The molecule has 3 atom stereocenters. The lowest BCUT2D eigenvalue weighted by atomic mass is 9.85. The number of hydrazine groups is 1. The lowest BCUT2D eigenvalue weighted by molar-refractivity contribution is -0.154. The molecule has 3 aliphatic rings. The molecule has 3 heterocycles. The van der Waals surface area contributed by atoms with Gasteiger partial charge in [0.2, 0.25) is 23.4 Å². The summed E-state index contributed by atoms with van der Waals surface area (Å²) in [5.41, 5.74) is 5.04. The number of fused-ring (bicyclic) bond motifs is 1. The zero-order chi connectivity index (χ0) is 25.3. The third-order valence-corrected chi connectivity index (χ3v) is 8.41. The summed E-state index contributed by atoms with van der Waals surface area (Å²) in [7, 11) is 2.11. The van der Waals surface area contributed by atoms with E-state index in [1.807, 2.05) is 4.90 Å². The standard InChI is InChI=1S/C23H35ClFN7O3/c1-23(2)17-12-31(10-16(17)9-30(23)3)20-18(25)19(26-22(24)27-20)28-29-21(34)15(11-32(35)13-33)8-14-6-4-5-7-14/h13-17,35H,4-12H2,1-3H3,(H,29,34)(H,26,27,28)/t15-,16?,17?/m0/s1. The number of carbonyl (C=O) groups is 2. The van der Waals surface area contributed by atoms with Gasteiger partial charge in [-0.05, 0) is 50.8 Å². The minimum Gasteiger partial charge on any atom is -0.353 e. The number of hydroxylamine groups is 2. The SMILES string of the molecule is CN1CC2CN(c3nc(Cl)nc(NNC(=O)[C@@H](CC4CCCC4)CN(O)C=O)c3F)CC2C1(C)C. The minimum atomic E-state index is -0.690. The summed E-state index contributed by atoms with van der Waals surface area (Å²) >= 11 is 6.12. The Hall–Kier alpha value is -2.24. The Labute approximate surface area is 210 Å². The molecule has 2 amide bonds. The Morgan fingerprint density at radius 2 is 2.03 bits per heavy atom. The van der Waals surface area contributed by atoms with Crippen LogP contribution in [0.15, 0.2) is 0 Å². The first-order valence-corrected chi connectivity index (χ1v) is 12.6. The third kappa shape index (κ3) is 5.46. The summed E-state index contributed by atoms with van der Waals surface area (Å²) in [5, 5.41) is 9.99. The summed E-state index contributed by atoms with van der Waals surface area (Å²) in [6.07, 6.45) is 5.02. The lowest BCUT2D eigenvalue weighted by Crippen LogP contribution is -2.43. The Bertz CT molecular complexity index is 946. The molecule has 1 aliphatic carbocycles. The van der Waals surface area contributed by atoms with Crippen molar-refractivity contribution < 1.29 is 19.2 Å². The molecule has 0 aromatic carbocycles. The smallest absolute Gasteiger partial charge is 0.243 e. The van der Waals surface area contributed by atoms with Gasteiger partial charge in [-0.3, -0.25) is 25.6 Å². The Kier molecular flexibility index (Phi) is 7.68. The van der Waals surface area contributed by atoms with Crippen molar-refractivity contribution in [3.8, 4) is 0 Å². The molecular weight excluding hydrogens is 477 g/mol. The number of halogens is 2. The fourth-order valence-corrected chi connectivity index (χ4v) is 6.17. The van der Waals surface area contributed by atoms with E-state index in [0.29, 0.717) is 42.3 Å². The van der Waals surface area contributed by atoms with Crippen molar-refractivity contribution in [2.45, 2.75) is 51.5 Å². The zero-order valence-corrected chi connectivity index (χ0v) is 21.3. The van der Waals surface area contributed by atoms with Crippen molar-refractivity contribution in [1.82, 2.24) is 25.4 Å². The highest BCUT2D eigenvalue weighted by Gasteiger charge is 2.51. The number of aromatic nitrogens is 2. The number of hydrogen-bond acceptors (Lipinski definition) is 8. The van der Waals surface area contributed by atoms with Gasteiger partial charge in [-0.2, -0.15) is 14.4 Å². The fourth-order valence-electron chi connectivity index (χ4n) is 6.01. The highest BCUT2D eigenvalue weighted by Crippen LogP contribution is 2.44. The molecule has 0 radical (unpaired) electrons.